The van der Waals surface area contributed by atoms with E-state index in [1.54, 1.807) is 13.1 Å². The van der Waals surface area contributed by atoms with Gasteiger partial charge in [0.15, 0.2) is 9.84 Å². The lowest BCUT2D eigenvalue weighted by Crippen LogP contribution is -2.39. The maximum Gasteiger partial charge on any atom is 0.271 e. The Morgan fingerprint density at radius 3 is 2.67 bits per heavy atom. The van der Waals surface area contributed by atoms with Gasteiger partial charge in [-0.1, -0.05) is 35.9 Å². The predicted octanol–water partition coefficient (Wildman–Crippen LogP) is 3.32. The fourth-order valence-corrected chi connectivity index (χ4v) is 4.54. The smallest absolute Gasteiger partial charge is 0.271 e. The second kappa shape index (κ2) is 8.73. The van der Waals surface area contributed by atoms with Crippen LogP contribution >= 0.6 is 11.6 Å². The monoisotopic (exact) mass is 448 g/mol. The Morgan fingerprint density at radius 2 is 2.03 bits per heavy atom. The molecule has 0 radical (unpaired) electrons. The van der Waals surface area contributed by atoms with Gasteiger partial charge in [0.2, 0.25) is 0 Å². The number of nitrogens with zero attached hydrogens (tertiary/aromatic N) is 3. The summed E-state index contributed by atoms with van der Waals surface area (Å²) >= 11 is 6.46. The van der Waals surface area contributed by atoms with Crippen molar-refractivity contribution in [2.75, 3.05) is 17.7 Å². The van der Waals surface area contributed by atoms with Gasteiger partial charge < -0.3 is 10.2 Å². The summed E-state index contributed by atoms with van der Waals surface area (Å²) in [6.07, 6.45) is 7.46. The number of halogens is 1. The van der Waals surface area contributed by atoms with Crippen LogP contribution in [0.2, 0.25) is 5.02 Å². The number of benzene rings is 1. The number of amides is 1. The number of aromatic nitrogens is 2. The third kappa shape index (κ3) is 4.99. The van der Waals surface area contributed by atoms with E-state index in [9.17, 15) is 13.2 Å². The van der Waals surface area contributed by atoms with Crippen molar-refractivity contribution in [2.24, 2.45) is 0 Å². The Balaban J connectivity index is 1.76. The Kier molecular flexibility index (Phi) is 6.47. The van der Waals surface area contributed by atoms with Crippen molar-refractivity contribution in [3.05, 3.63) is 64.4 Å². The van der Waals surface area contributed by atoms with Gasteiger partial charge in [0.05, 0.1) is 17.9 Å². The van der Waals surface area contributed by atoms with Crippen LogP contribution in [0, 0.1) is 0 Å². The molecular formula is C21H25ClN4O3S. The summed E-state index contributed by atoms with van der Waals surface area (Å²) in [7, 11) is -3.25. The fourth-order valence-electron chi connectivity index (χ4n) is 3.68. The number of carbonyl (C=O) groups excluding carboxylic acids is 1. The molecule has 2 heterocycles. The Morgan fingerprint density at radius 1 is 1.30 bits per heavy atom. The van der Waals surface area contributed by atoms with Crippen molar-refractivity contribution in [2.45, 2.75) is 38.3 Å². The molecule has 3 rings (SSSR count). The fraction of sp³-hybridized carbons (Fsp3) is 0.381. The van der Waals surface area contributed by atoms with Crippen molar-refractivity contribution < 1.29 is 13.2 Å². The van der Waals surface area contributed by atoms with Crippen molar-refractivity contribution in [1.82, 2.24) is 15.3 Å². The summed E-state index contributed by atoms with van der Waals surface area (Å²) < 4.78 is 22.4. The van der Waals surface area contributed by atoms with Crippen LogP contribution in [-0.4, -0.2) is 43.1 Å². The van der Waals surface area contributed by atoms with E-state index < -0.39 is 21.8 Å². The molecule has 2 aromatic rings. The minimum Gasteiger partial charge on any atom is -0.346 e. The number of anilines is 1. The standard InChI is InChI=1S/C21H25ClN4O3S/c1-15(9-12-30(3,28)29)25-20(27)18-13-24-19(14-23-18)26-11-6-10-21(26,2)16-7-4-5-8-17(16)22/h4-5,7-9,12-15H,6,10-11H2,1-3H3,(H,25,27)/b12-9+/t15-,21-/m1/s1. The van der Waals surface area contributed by atoms with Crippen LogP contribution in [0.5, 0.6) is 0 Å². The lowest BCUT2D eigenvalue weighted by molar-refractivity contribution is 0.0941. The van der Waals surface area contributed by atoms with E-state index in [0.29, 0.717) is 10.8 Å². The number of nitrogens with one attached hydrogen (secondary N) is 1. The second-order valence-corrected chi connectivity index (χ2v) is 10.0. The molecule has 0 unspecified atom stereocenters. The molecule has 1 aromatic carbocycles. The van der Waals surface area contributed by atoms with Gasteiger partial charge in [0.1, 0.15) is 11.5 Å². The molecule has 160 valence electrons. The molecule has 1 amide bonds. The molecule has 1 aliphatic rings. The molecule has 1 N–H and O–H groups in total. The van der Waals surface area contributed by atoms with E-state index in [1.807, 2.05) is 24.3 Å². The molecule has 0 spiro atoms. The van der Waals surface area contributed by atoms with Gasteiger partial charge in [-0.2, -0.15) is 0 Å². The molecule has 1 saturated heterocycles. The number of hydrogen-bond acceptors (Lipinski definition) is 6. The van der Waals surface area contributed by atoms with Gasteiger partial charge in [0, 0.05) is 29.3 Å². The number of rotatable bonds is 6. The first-order chi connectivity index (χ1) is 14.1. The van der Waals surface area contributed by atoms with Crippen molar-refractivity contribution in [1.29, 1.82) is 0 Å². The number of sulfone groups is 1. The highest BCUT2D eigenvalue weighted by molar-refractivity contribution is 7.93. The van der Waals surface area contributed by atoms with Crippen LogP contribution in [0.4, 0.5) is 5.82 Å². The minimum atomic E-state index is -3.25. The zero-order chi connectivity index (χ0) is 21.9. The highest BCUT2D eigenvalue weighted by Crippen LogP contribution is 2.43. The van der Waals surface area contributed by atoms with Gasteiger partial charge >= 0.3 is 0 Å². The Hall–Kier alpha value is -2.45. The Labute approximate surface area is 182 Å². The van der Waals surface area contributed by atoms with E-state index in [-0.39, 0.29) is 11.2 Å². The van der Waals surface area contributed by atoms with Crippen molar-refractivity contribution in [3.8, 4) is 0 Å². The molecule has 30 heavy (non-hydrogen) atoms. The number of carbonyl (C=O) groups is 1. The molecular weight excluding hydrogens is 424 g/mol. The van der Waals surface area contributed by atoms with Gasteiger partial charge in [-0.3, -0.25) is 4.79 Å². The maximum atomic E-state index is 12.4. The average molecular weight is 449 g/mol. The third-order valence-electron chi connectivity index (χ3n) is 5.22. The van der Waals surface area contributed by atoms with Crippen LogP contribution in [-0.2, 0) is 15.4 Å². The summed E-state index contributed by atoms with van der Waals surface area (Å²) in [4.78, 5) is 23.3. The van der Waals surface area contributed by atoms with Gasteiger partial charge in [-0.05, 0) is 38.3 Å². The highest BCUT2D eigenvalue weighted by atomic mass is 35.5. The predicted molar refractivity (Wildman–Crippen MR) is 118 cm³/mol. The molecule has 1 aromatic heterocycles. The van der Waals surface area contributed by atoms with Crippen LogP contribution < -0.4 is 10.2 Å². The summed E-state index contributed by atoms with van der Waals surface area (Å²) in [5, 5.41) is 4.46. The van der Waals surface area contributed by atoms with Crippen molar-refractivity contribution >= 4 is 33.2 Å². The van der Waals surface area contributed by atoms with E-state index in [0.717, 1.165) is 36.6 Å². The van der Waals surface area contributed by atoms with Crippen LogP contribution in [0.25, 0.3) is 0 Å². The topological polar surface area (TPSA) is 92.3 Å². The third-order valence-corrected chi connectivity index (χ3v) is 6.20. The molecule has 0 saturated carbocycles. The van der Waals surface area contributed by atoms with Crippen LogP contribution in [0.1, 0.15) is 42.7 Å². The maximum absolute atomic E-state index is 12.4. The highest BCUT2D eigenvalue weighted by Gasteiger charge is 2.40. The summed E-state index contributed by atoms with van der Waals surface area (Å²) in [6, 6.07) is 7.34. The van der Waals surface area contributed by atoms with Gasteiger partial charge in [-0.25, -0.2) is 18.4 Å². The molecule has 2 atom stereocenters. The lowest BCUT2D eigenvalue weighted by atomic mass is 9.89. The minimum absolute atomic E-state index is 0.164. The molecule has 1 aliphatic heterocycles. The zero-order valence-electron chi connectivity index (χ0n) is 17.2. The summed E-state index contributed by atoms with van der Waals surface area (Å²) in [6.45, 7) is 4.63. The average Bonchev–Trinajstić information content (AvgIpc) is 3.09. The largest absolute Gasteiger partial charge is 0.346 e. The van der Waals surface area contributed by atoms with Crippen molar-refractivity contribution in [3.63, 3.8) is 0 Å². The molecule has 9 heteroatoms. The molecule has 0 aliphatic carbocycles. The zero-order valence-corrected chi connectivity index (χ0v) is 18.7. The lowest BCUT2D eigenvalue weighted by Gasteiger charge is -2.37. The molecule has 1 fully saturated rings. The molecule has 0 bridgehead atoms. The SMILES string of the molecule is C[C@H](/C=C/S(C)(=O)=O)NC(=O)c1cnc(N2CCC[C@]2(C)c2ccccc2Cl)cn1. The first-order valence-electron chi connectivity index (χ1n) is 9.64. The van der Waals surface area contributed by atoms with E-state index in [1.165, 1.54) is 12.3 Å². The summed E-state index contributed by atoms with van der Waals surface area (Å²) in [5.41, 5.74) is 0.901. The van der Waals surface area contributed by atoms with E-state index >= 15 is 0 Å². The van der Waals surface area contributed by atoms with Gasteiger partial charge in [0.25, 0.3) is 5.91 Å². The normalized spacial score (nSPS) is 20.5. The van der Waals surface area contributed by atoms with E-state index in [4.69, 9.17) is 11.6 Å². The second-order valence-electron chi connectivity index (χ2n) is 7.69. The first kappa shape index (κ1) is 22.2. The van der Waals surface area contributed by atoms with Crippen LogP contribution in [0.3, 0.4) is 0 Å². The number of hydrogen-bond donors (Lipinski definition) is 1. The first-order valence-corrected chi connectivity index (χ1v) is 12.0. The van der Waals surface area contributed by atoms with E-state index in [2.05, 4.69) is 27.1 Å². The quantitative estimate of drug-likeness (QED) is 0.728. The summed E-state index contributed by atoms with van der Waals surface area (Å²) in [5.74, 6) is 0.256. The Bertz CT molecular complexity index is 1060. The molecule has 7 nitrogen and oxygen atoms in total. The van der Waals surface area contributed by atoms with Crippen LogP contribution in [0.15, 0.2) is 48.1 Å². The van der Waals surface area contributed by atoms with Gasteiger partial charge in [-0.15, -0.1) is 0 Å².